The molecule has 0 saturated heterocycles. The van der Waals surface area contributed by atoms with E-state index in [2.05, 4.69) is 6.92 Å². The van der Waals surface area contributed by atoms with Crippen LogP contribution in [0.15, 0.2) is 0 Å². The number of hydrogen-bond donors (Lipinski definition) is 0. The minimum atomic E-state index is -0.680. The van der Waals surface area contributed by atoms with Gasteiger partial charge in [-0.05, 0) is 6.42 Å². The van der Waals surface area contributed by atoms with Gasteiger partial charge in [0, 0.05) is 12.5 Å². The molecule has 0 bridgehead atoms. The van der Waals surface area contributed by atoms with Gasteiger partial charge in [0.05, 0.1) is 0 Å². The fourth-order valence-corrected chi connectivity index (χ4v) is 5.07. The Hall–Kier alpha value is 0.241. The van der Waals surface area contributed by atoms with E-state index in [1.54, 1.807) is 0 Å². The van der Waals surface area contributed by atoms with E-state index in [4.69, 9.17) is 8.23 Å². The Morgan fingerprint density at radius 2 is 2.00 bits per heavy atom. The van der Waals surface area contributed by atoms with Gasteiger partial charge >= 0.3 is 0 Å². The molecule has 90 valence electrons. The highest BCUT2D eigenvalue weighted by molar-refractivity contribution is 6.44. The van der Waals surface area contributed by atoms with Gasteiger partial charge in [0.2, 0.25) is 0 Å². The Morgan fingerprint density at radius 1 is 1.27 bits per heavy atom. The number of hydrogen-bond acceptors (Lipinski definition) is 3. The molecule has 0 aromatic heterocycles. The molecule has 0 amide bonds. The average Bonchev–Trinajstić information content (AvgIpc) is 2.24. The van der Waals surface area contributed by atoms with Crippen molar-refractivity contribution < 1.29 is 13.0 Å². The molecular weight excluding hydrogens is 240 g/mol. The summed E-state index contributed by atoms with van der Waals surface area (Å²) in [5.74, 6) is 0.403. The maximum absolute atomic E-state index is 11.4. The third kappa shape index (κ3) is 12.2. The molecule has 6 heteroatoms. The van der Waals surface area contributed by atoms with Crippen LogP contribution < -0.4 is 0 Å². The van der Waals surface area contributed by atoms with E-state index in [1.807, 2.05) is 0 Å². The number of carbonyl (C=O) groups excluding carboxylic acids is 1. The highest BCUT2D eigenvalue weighted by Gasteiger charge is 2.02. The van der Waals surface area contributed by atoms with E-state index in [0.29, 0.717) is 11.8 Å². The van der Waals surface area contributed by atoms with E-state index < -0.39 is 19.8 Å². The van der Waals surface area contributed by atoms with Crippen molar-refractivity contribution in [2.45, 2.75) is 51.5 Å². The van der Waals surface area contributed by atoms with E-state index >= 15 is 0 Å². The van der Waals surface area contributed by atoms with Crippen molar-refractivity contribution in [2.75, 3.05) is 0 Å². The van der Waals surface area contributed by atoms with Crippen molar-refractivity contribution in [1.29, 1.82) is 0 Å². The van der Waals surface area contributed by atoms with E-state index in [-0.39, 0.29) is 0 Å². The lowest BCUT2D eigenvalue weighted by molar-refractivity contribution is -0.117. The molecule has 0 aliphatic carbocycles. The van der Waals surface area contributed by atoms with Crippen LogP contribution in [0.3, 0.4) is 0 Å². The summed E-state index contributed by atoms with van der Waals surface area (Å²) in [6.07, 6.45) is 6.89. The van der Waals surface area contributed by atoms with E-state index in [1.165, 1.54) is 25.7 Å². The zero-order valence-corrected chi connectivity index (χ0v) is 14.9. The Bertz CT molecular complexity index is 156. The van der Waals surface area contributed by atoms with Gasteiger partial charge in [-0.1, -0.05) is 32.6 Å². The SMILES string of the molecule is CCCCCCCC(=O)C[SiH2]O[SiH2]O[SiH3]. The Kier molecular flexibility index (Phi) is 12.5. The molecule has 3 nitrogen and oxygen atoms in total. The van der Waals surface area contributed by atoms with Crippen molar-refractivity contribution in [3.05, 3.63) is 0 Å². The van der Waals surface area contributed by atoms with Gasteiger partial charge in [0.1, 0.15) is 16.3 Å². The number of ketones is 1. The predicted molar refractivity (Wildman–Crippen MR) is 72.4 cm³/mol. The first-order valence-corrected chi connectivity index (χ1v) is 9.44. The molecule has 0 aliphatic rings. The molecule has 0 N–H and O–H groups in total. The number of carbonyl (C=O) groups is 1. The van der Waals surface area contributed by atoms with Crippen LogP contribution in [0.5, 0.6) is 0 Å². The third-order valence-electron chi connectivity index (χ3n) is 2.29. The highest BCUT2D eigenvalue weighted by Crippen LogP contribution is 2.06. The summed E-state index contributed by atoms with van der Waals surface area (Å²) in [6, 6.07) is 0.714. The average molecular weight is 265 g/mol. The lowest BCUT2D eigenvalue weighted by Gasteiger charge is -2.02. The van der Waals surface area contributed by atoms with Gasteiger partial charge in [-0.3, -0.25) is 4.79 Å². The summed E-state index contributed by atoms with van der Waals surface area (Å²) in [5, 5.41) is 0. The maximum atomic E-state index is 11.4. The zero-order valence-electron chi connectivity index (χ0n) is 10.1. The maximum Gasteiger partial charge on any atom is 0.282 e. The molecule has 0 atom stereocenters. The highest BCUT2D eigenvalue weighted by atomic mass is 28.3. The molecule has 0 aliphatic heterocycles. The smallest absolute Gasteiger partial charge is 0.282 e. The molecule has 0 radical (unpaired) electrons. The molecule has 0 fully saturated rings. The zero-order chi connectivity index (χ0) is 11.4. The predicted octanol–water partition coefficient (Wildman–Crippen LogP) is -0.270. The number of rotatable bonds is 11. The standard InChI is InChI=1S/C9H24O3Si3/c1-2-3-4-5-6-7-9(10)8-14-12-15-11-13/h2-8,14-15H2,1,13H3. The summed E-state index contributed by atoms with van der Waals surface area (Å²) >= 11 is 0. The van der Waals surface area contributed by atoms with Gasteiger partial charge < -0.3 is 8.23 Å². The molecule has 0 aromatic carbocycles. The molecular formula is C9H24O3Si3. The summed E-state index contributed by atoms with van der Waals surface area (Å²) < 4.78 is 10.4. The Balaban J connectivity index is 3.11. The van der Waals surface area contributed by atoms with Crippen molar-refractivity contribution >= 4 is 36.0 Å². The van der Waals surface area contributed by atoms with Crippen molar-refractivity contribution in [1.82, 2.24) is 0 Å². The molecule has 0 unspecified atom stereocenters. The number of unbranched alkanes of at least 4 members (excludes halogenated alkanes) is 4. The van der Waals surface area contributed by atoms with Crippen LogP contribution in [0, 0.1) is 0 Å². The minimum absolute atomic E-state index is 0.403. The van der Waals surface area contributed by atoms with E-state index in [0.717, 1.165) is 23.3 Å². The van der Waals surface area contributed by atoms with Gasteiger partial charge in [-0.2, -0.15) is 0 Å². The monoisotopic (exact) mass is 264 g/mol. The summed E-state index contributed by atoms with van der Waals surface area (Å²) in [7, 11) is -0.483. The molecule has 0 heterocycles. The quantitative estimate of drug-likeness (QED) is 0.381. The summed E-state index contributed by atoms with van der Waals surface area (Å²) in [5.41, 5.74) is 0. The van der Waals surface area contributed by atoms with Gasteiger partial charge in [0.15, 0.2) is 9.76 Å². The Labute approximate surface area is 101 Å². The summed E-state index contributed by atoms with van der Waals surface area (Å²) in [4.78, 5) is 11.4. The van der Waals surface area contributed by atoms with Crippen molar-refractivity contribution in [3.63, 3.8) is 0 Å². The van der Waals surface area contributed by atoms with Crippen molar-refractivity contribution in [2.24, 2.45) is 0 Å². The van der Waals surface area contributed by atoms with Crippen LogP contribution in [0.4, 0.5) is 0 Å². The van der Waals surface area contributed by atoms with Crippen LogP contribution >= 0.6 is 0 Å². The lowest BCUT2D eigenvalue weighted by atomic mass is 10.1. The van der Waals surface area contributed by atoms with Crippen LogP contribution in [0.1, 0.15) is 45.4 Å². The van der Waals surface area contributed by atoms with Crippen LogP contribution in [0.2, 0.25) is 6.04 Å². The molecule has 0 spiro atoms. The Morgan fingerprint density at radius 3 is 2.67 bits per heavy atom. The molecule has 0 aromatic rings. The normalized spacial score (nSPS) is 12.3. The second-order valence-corrected chi connectivity index (χ2v) is 8.85. The second kappa shape index (κ2) is 12.3. The van der Waals surface area contributed by atoms with Crippen LogP contribution in [0.25, 0.3) is 0 Å². The number of Topliss-reactive ketones (excluding diaryl/α,β-unsaturated/α-hetero) is 1. The fraction of sp³-hybridized carbons (Fsp3) is 0.889. The van der Waals surface area contributed by atoms with Gasteiger partial charge in [-0.25, -0.2) is 0 Å². The van der Waals surface area contributed by atoms with Crippen LogP contribution in [-0.2, 0) is 13.0 Å². The van der Waals surface area contributed by atoms with Crippen molar-refractivity contribution in [3.8, 4) is 0 Å². The van der Waals surface area contributed by atoms with E-state index in [9.17, 15) is 4.79 Å². The second-order valence-electron chi connectivity index (χ2n) is 3.77. The summed E-state index contributed by atoms with van der Waals surface area (Å²) in [6.45, 7) is 2.20. The van der Waals surface area contributed by atoms with Gasteiger partial charge in [-0.15, -0.1) is 0 Å². The third-order valence-corrected chi connectivity index (χ3v) is 5.81. The van der Waals surface area contributed by atoms with Crippen LogP contribution in [-0.4, -0.2) is 36.0 Å². The first kappa shape index (κ1) is 15.2. The largest absolute Gasteiger partial charge is 0.449 e. The topological polar surface area (TPSA) is 35.5 Å². The first-order valence-electron chi connectivity index (χ1n) is 5.89. The molecule has 0 saturated carbocycles. The molecule has 15 heavy (non-hydrogen) atoms. The fourth-order valence-electron chi connectivity index (χ4n) is 1.38. The molecule has 0 rings (SSSR count). The lowest BCUT2D eigenvalue weighted by Crippen LogP contribution is -2.10. The van der Waals surface area contributed by atoms with Gasteiger partial charge in [0.25, 0.3) is 10.0 Å². The first-order chi connectivity index (χ1) is 7.31. The minimum Gasteiger partial charge on any atom is -0.449 e.